The third-order valence-electron chi connectivity index (χ3n) is 2.88. The van der Waals surface area contributed by atoms with E-state index in [9.17, 15) is 10.1 Å². The van der Waals surface area contributed by atoms with E-state index in [0.717, 1.165) is 38.2 Å². The average Bonchev–Trinajstić information content (AvgIpc) is 2.58. The van der Waals surface area contributed by atoms with Crippen LogP contribution in [-0.4, -0.2) is 24.2 Å². The van der Waals surface area contributed by atoms with Crippen LogP contribution in [0.2, 0.25) is 0 Å². The van der Waals surface area contributed by atoms with Gasteiger partial charge in [-0.2, -0.15) is 0 Å². The second kappa shape index (κ2) is 5.63. The van der Waals surface area contributed by atoms with Crippen LogP contribution in [0.1, 0.15) is 19.3 Å². The first-order valence-electron chi connectivity index (χ1n) is 5.84. The Hall–Kier alpha value is -1.62. The van der Waals surface area contributed by atoms with Crippen LogP contribution in [0.25, 0.3) is 0 Å². The summed E-state index contributed by atoms with van der Waals surface area (Å²) in [4.78, 5) is 10.3. The van der Waals surface area contributed by atoms with Crippen LogP contribution >= 0.6 is 0 Å². The van der Waals surface area contributed by atoms with E-state index >= 15 is 0 Å². The predicted octanol–water partition coefficient (Wildman–Crippen LogP) is 2.58. The minimum absolute atomic E-state index is 0.125. The van der Waals surface area contributed by atoms with Crippen molar-refractivity contribution in [1.29, 1.82) is 0 Å². The summed E-state index contributed by atoms with van der Waals surface area (Å²) in [6, 6.07) is 6.99. The van der Waals surface area contributed by atoms with Crippen molar-refractivity contribution in [2.75, 3.05) is 18.5 Å². The molecule has 1 aliphatic heterocycles. The third kappa shape index (κ3) is 3.42. The zero-order chi connectivity index (χ0) is 12.1. The summed E-state index contributed by atoms with van der Waals surface area (Å²) < 4.78 is 5.38. The normalized spacial score (nSPS) is 20.6. The van der Waals surface area contributed by atoms with Crippen LogP contribution in [-0.2, 0) is 4.74 Å². The van der Waals surface area contributed by atoms with Crippen LogP contribution in [0.3, 0.4) is 0 Å². The summed E-state index contributed by atoms with van der Waals surface area (Å²) in [5, 5.41) is 14.0. The van der Waals surface area contributed by atoms with E-state index in [1.807, 2.05) is 6.07 Å². The number of anilines is 1. The molecule has 0 aromatic heterocycles. The molecule has 0 bridgehead atoms. The SMILES string of the molecule is O=[N+]([O-])c1cccc(NC2CCCOCC2)c1. The number of ether oxygens (including phenoxy) is 1. The number of hydrogen-bond donors (Lipinski definition) is 1. The van der Waals surface area contributed by atoms with Gasteiger partial charge in [-0.15, -0.1) is 0 Å². The van der Waals surface area contributed by atoms with Crippen LogP contribution in [0.15, 0.2) is 24.3 Å². The number of nitrogens with one attached hydrogen (secondary N) is 1. The molecular weight excluding hydrogens is 220 g/mol. The molecule has 5 nitrogen and oxygen atoms in total. The first-order valence-corrected chi connectivity index (χ1v) is 5.84. The molecule has 1 aromatic carbocycles. The maximum Gasteiger partial charge on any atom is 0.271 e. The lowest BCUT2D eigenvalue weighted by atomic mass is 10.1. The summed E-state index contributed by atoms with van der Waals surface area (Å²) in [5.41, 5.74) is 0.936. The number of nitrogens with zero attached hydrogens (tertiary/aromatic N) is 1. The maximum atomic E-state index is 10.7. The van der Waals surface area contributed by atoms with Crippen LogP contribution in [0, 0.1) is 10.1 Å². The quantitative estimate of drug-likeness (QED) is 0.647. The molecule has 92 valence electrons. The zero-order valence-electron chi connectivity index (χ0n) is 9.59. The molecule has 1 heterocycles. The molecule has 0 spiro atoms. The average molecular weight is 236 g/mol. The van der Waals surface area contributed by atoms with Crippen LogP contribution in [0.5, 0.6) is 0 Å². The van der Waals surface area contributed by atoms with Crippen LogP contribution in [0.4, 0.5) is 11.4 Å². The van der Waals surface area contributed by atoms with Crippen LogP contribution < -0.4 is 5.32 Å². The van der Waals surface area contributed by atoms with Crippen molar-refractivity contribution >= 4 is 11.4 Å². The Balaban J connectivity index is 2.01. The second-order valence-electron chi connectivity index (χ2n) is 4.19. The van der Waals surface area contributed by atoms with Crippen molar-refractivity contribution in [1.82, 2.24) is 0 Å². The summed E-state index contributed by atoms with van der Waals surface area (Å²) in [5.74, 6) is 0. The summed E-state index contributed by atoms with van der Waals surface area (Å²) in [6.45, 7) is 1.57. The molecule has 1 unspecified atom stereocenters. The lowest BCUT2D eigenvalue weighted by molar-refractivity contribution is -0.384. The molecule has 0 aliphatic carbocycles. The van der Waals surface area contributed by atoms with Gasteiger partial charge in [0, 0.05) is 37.1 Å². The number of nitro benzene ring substituents is 1. The molecule has 1 saturated heterocycles. The van der Waals surface area contributed by atoms with Crippen molar-refractivity contribution < 1.29 is 9.66 Å². The minimum Gasteiger partial charge on any atom is -0.382 e. The highest BCUT2D eigenvalue weighted by molar-refractivity contribution is 5.51. The van der Waals surface area contributed by atoms with Gasteiger partial charge in [-0.3, -0.25) is 10.1 Å². The predicted molar refractivity (Wildman–Crippen MR) is 65.2 cm³/mol. The first kappa shape index (κ1) is 11.9. The molecule has 1 aromatic rings. The zero-order valence-corrected chi connectivity index (χ0v) is 9.59. The maximum absolute atomic E-state index is 10.7. The number of benzene rings is 1. The van der Waals surface area contributed by atoms with E-state index in [1.165, 1.54) is 6.07 Å². The lowest BCUT2D eigenvalue weighted by Crippen LogP contribution is -2.19. The van der Waals surface area contributed by atoms with Crippen molar-refractivity contribution in [3.05, 3.63) is 34.4 Å². The third-order valence-corrected chi connectivity index (χ3v) is 2.88. The van der Waals surface area contributed by atoms with Gasteiger partial charge in [0.25, 0.3) is 5.69 Å². The number of hydrogen-bond acceptors (Lipinski definition) is 4. The van der Waals surface area contributed by atoms with Gasteiger partial charge in [0.2, 0.25) is 0 Å². The highest BCUT2D eigenvalue weighted by Gasteiger charge is 2.13. The van der Waals surface area contributed by atoms with E-state index < -0.39 is 0 Å². The Morgan fingerprint density at radius 1 is 1.35 bits per heavy atom. The highest BCUT2D eigenvalue weighted by Crippen LogP contribution is 2.20. The fourth-order valence-electron chi connectivity index (χ4n) is 1.99. The van der Waals surface area contributed by atoms with E-state index in [1.54, 1.807) is 12.1 Å². The van der Waals surface area contributed by atoms with Gasteiger partial charge in [-0.05, 0) is 25.3 Å². The molecule has 2 rings (SSSR count). The molecule has 1 fully saturated rings. The number of nitro groups is 1. The van der Waals surface area contributed by atoms with Gasteiger partial charge in [-0.25, -0.2) is 0 Å². The fourth-order valence-corrected chi connectivity index (χ4v) is 1.99. The summed E-state index contributed by atoms with van der Waals surface area (Å²) >= 11 is 0. The Labute approximate surface area is 99.9 Å². The first-order chi connectivity index (χ1) is 8.25. The topological polar surface area (TPSA) is 64.4 Å². The molecule has 17 heavy (non-hydrogen) atoms. The van der Waals surface area contributed by atoms with E-state index in [4.69, 9.17) is 4.74 Å². The lowest BCUT2D eigenvalue weighted by Gasteiger charge is -2.16. The van der Waals surface area contributed by atoms with Gasteiger partial charge in [0.15, 0.2) is 0 Å². The minimum atomic E-state index is -0.374. The van der Waals surface area contributed by atoms with Gasteiger partial charge in [0.1, 0.15) is 0 Å². The summed E-state index contributed by atoms with van der Waals surface area (Å²) in [6.07, 6.45) is 3.03. The molecule has 1 atom stereocenters. The van der Waals surface area contributed by atoms with Crippen molar-refractivity contribution in [2.24, 2.45) is 0 Å². The summed E-state index contributed by atoms with van der Waals surface area (Å²) in [7, 11) is 0. The van der Waals surface area contributed by atoms with Crippen molar-refractivity contribution in [3.8, 4) is 0 Å². The van der Waals surface area contributed by atoms with E-state index in [2.05, 4.69) is 5.32 Å². The standard InChI is InChI=1S/C12H16N2O3/c15-14(16)12-5-1-3-11(9-12)13-10-4-2-7-17-8-6-10/h1,3,5,9-10,13H,2,4,6-8H2. The Bertz CT molecular complexity index is 387. The molecule has 0 radical (unpaired) electrons. The van der Waals surface area contributed by atoms with Gasteiger partial charge >= 0.3 is 0 Å². The van der Waals surface area contributed by atoms with E-state index in [0.29, 0.717) is 6.04 Å². The Morgan fingerprint density at radius 2 is 2.24 bits per heavy atom. The second-order valence-corrected chi connectivity index (χ2v) is 4.19. The van der Waals surface area contributed by atoms with Gasteiger partial charge in [0.05, 0.1) is 4.92 Å². The van der Waals surface area contributed by atoms with Gasteiger partial charge < -0.3 is 10.1 Å². The molecule has 1 N–H and O–H groups in total. The smallest absolute Gasteiger partial charge is 0.271 e. The highest BCUT2D eigenvalue weighted by atomic mass is 16.6. The largest absolute Gasteiger partial charge is 0.382 e. The van der Waals surface area contributed by atoms with Crippen molar-refractivity contribution in [2.45, 2.75) is 25.3 Å². The Kier molecular flexibility index (Phi) is 3.93. The monoisotopic (exact) mass is 236 g/mol. The molecule has 5 heteroatoms. The molecule has 0 saturated carbocycles. The van der Waals surface area contributed by atoms with E-state index in [-0.39, 0.29) is 10.6 Å². The Morgan fingerprint density at radius 3 is 3.06 bits per heavy atom. The van der Waals surface area contributed by atoms with Gasteiger partial charge in [-0.1, -0.05) is 6.07 Å². The number of rotatable bonds is 3. The van der Waals surface area contributed by atoms with Crippen molar-refractivity contribution in [3.63, 3.8) is 0 Å². The fraction of sp³-hybridized carbons (Fsp3) is 0.500. The number of non-ortho nitro benzene ring substituents is 1. The molecule has 0 amide bonds. The molecular formula is C12H16N2O3. The molecule has 1 aliphatic rings.